The molecule has 1 fully saturated rings. The molecule has 0 saturated carbocycles. The summed E-state index contributed by atoms with van der Waals surface area (Å²) in [4.78, 5) is 125. The van der Waals surface area contributed by atoms with E-state index in [1.165, 1.54) is 18.3 Å². The number of ketones is 2. The lowest BCUT2D eigenvalue weighted by Crippen LogP contribution is -2.48. The summed E-state index contributed by atoms with van der Waals surface area (Å²) in [6.45, 7) is 12.9. The van der Waals surface area contributed by atoms with Crippen LogP contribution in [0.5, 0.6) is 0 Å². The van der Waals surface area contributed by atoms with Crippen LogP contribution in [0, 0.1) is 23.7 Å². The SMILES string of the molecule is CC[C@H](C)[C@H](CC(=O)[C@H]1CCCCN1C)C(=O)N(C)[C@H](C[C@@H](OC(C)=O)c1nc(C(=O)N[C@@H](Cc2ccccc2)C[C@H](C)C(=O)NCCCC(=O)CCOCCNC(=O)CCN2C(=O)C=CC2=O)cs1)C(C)C. The maximum atomic E-state index is 14.4. The second kappa shape index (κ2) is 30.5. The average Bonchev–Trinajstić information content (AvgIpc) is 3.99. The third-order valence-corrected chi connectivity index (χ3v) is 14.8. The van der Waals surface area contributed by atoms with Gasteiger partial charge in [0.25, 0.3) is 17.7 Å². The number of benzene rings is 1. The number of carbonyl (C=O) groups excluding carboxylic acids is 9. The van der Waals surface area contributed by atoms with E-state index in [1.807, 2.05) is 65.1 Å². The molecule has 3 N–H and O–H groups in total. The normalized spacial score (nSPS) is 17.3. The number of ether oxygens (including phenoxy) is 2. The molecule has 3 heterocycles. The summed E-state index contributed by atoms with van der Waals surface area (Å²) in [6.07, 6.45) is 7.01. The highest BCUT2D eigenvalue weighted by Gasteiger charge is 2.38. The molecule has 2 aliphatic heterocycles. The number of aromatic nitrogens is 1. The van der Waals surface area contributed by atoms with Crippen molar-refractivity contribution in [2.75, 3.05) is 53.5 Å². The molecule has 402 valence electrons. The van der Waals surface area contributed by atoms with Crippen molar-refractivity contribution < 1.29 is 52.6 Å². The van der Waals surface area contributed by atoms with Crippen LogP contribution < -0.4 is 16.0 Å². The second-order valence-electron chi connectivity index (χ2n) is 19.9. The predicted molar refractivity (Wildman–Crippen MR) is 277 cm³/mol. The highest BCUT2D eigenvalue weighted by molar-refractivity contribution is 7.09. The largest absolute Gasteiger partial charge is 0.455 e. The predicted octanol–water partition coefficient (Wildman–Crippen LogP) is 5.40. The van der Waals surface area contributed by atoms with E-state index in [0.29, 0.717) is 24.3 Å². The number of hydrogen-bond acceptors (Lipinski definition) is 14. The zero-order valence-electron chi connectivity index (χ0n) is 44.2. The zero-order chi connectivity index (χ0) is 53.6. The molecule has 0 aliphatic carbocycles. The zero-order valence-corrected chi connectivity index (χ0v) is 45.0. The number of amides is 6. The van der Waals surface area contributed by atoms with E-state index in [2.05, 4.69) is 25.8 Å². The second-order valence-corrected chi connectivity index (χ2v) is 20.8. The number of nitrogens with one attached hydrogen (secondary N) is 3. The van der Waals surface area contributed by atoms with Crippen LogP contribution in [0.2, 0.25) is 0 Å². The van der Waals surface area contributed by atoms with E-state index in [9.17, 15) is 43.2 Å². The molecule has 0 spiro atoms. The number of esters is 1. The van der Waals surface area contributed by atoms with Crippen molar-refractivity contribution >= 4 is 64.3 Å². The number of likely N-dealkylation sites (N-methyl/N-ethyl adjacent to an activating group) is 1. The molecule has 7 atom stereocenters. The van der Waals surface area contributed by atoms with Crippen molar-refractivity contribution in [3.63, 3.8) is 0 Å². The minimum Gasteiger partial charge on any atom is -0.455 e. The number of nitrogens with zero attached hydrogens (tertiary/aromatic N) is 4. The van der Waals surface area contributed by atoms with Gasteiger partial charge >= 0.3 is 5.97 Å². The van der Waals surface area contributed by atoms with Crippen LogP contribution in [-0.2, 0) is 54.3 Å². The Bertz CT molecular complexity index is 2200. The Balaban J connectivity index is 1.29. The summed E-state index contributed by atoms with van der Waals surface area (Å²) < 4.78 is 11.3. The highest BCUT2D eigenvalue weighted by atomic mass is 32.1. The van der Waals surface area contributed by atoms with Crippen LogP contribution >= 0.6 is 11.3 Å². The monoisotopic (exact) mass is 1030 g/mol. The van der Waals surface area contributed by atoms with Gasteiger partial charge in [0.15, 0.2) is 11.9 Å². The molecule has 0 bridgehead atoms. The van der Waals surface area contributed by atoms with E-state index in [-0.39, 0.29) is 124 Å². The molecule has 18 nitrogen and oxygen atoms in total. The van der Waals surface area contributed by atoms with Crippen molar-refractivity contribution in [2.45, 2.75) is 143 Å². The van der Waals surface area contributed by atoms with Gasteiger partial charge in [-0.1, -0.05) is 77.8 Å². The van der Waals surface area contributed by atoms with Gasteiger partial charge in [0.05, 0.1) is 19.3 Å². The van der Waals surface area contributed by atoms with Crippen LogP contribution in [0.3, 0.4) is 0 Å². The summed E-state index contributed by atoms with van der Waals surface area (Å²) in [6, 6.07) is 8.57. The van der Waals surface area contributed by atoms with E-state index in [1.54, 1.807) is 24.3 Å². The summed E-state index contributed by atoms with van der Waals surface area (Å²) in [5.41, 5.74) is 1.09. The fourth-order valence-electron chi connectivity index (χ4n) is 9.30. The number of thiazole rings is 1. The topological polar surface area (TPSA) is 231 Å². The fraction of sp³-hybridized carbons (Fsp3) is 0.630. The number of likely N-dealkylation sites (tertiary alicyclic amines) is 1. The molecular formula is C54H79N7O11S. The third-order valence-electron chi connectivity index (χ3n) is 13.9. The lowest BCUT2D eigenvalue weighted by atomic mass is 9.83. The lowest BCUT2D eigenvalue weighted by Gasteiger charge is -2.37. The smallest absolute Gasteiger partial charge is 0.303 e. The van der Waals surface area contributed by atoms with Crippen molar-refractivity contribution in [1.29, 1.82) is 0 Å². The number of hydrogen-bond donors (Lipinski definition) is 3. The molecular weight excluding hydrogens is 955 g/mol. The summed E-state index contributed by atoms with van der Waals surface area (Å²) in [7, 11) is 3.73. The van der Waals surface area contributed by atoms with Crippen molar-refractivity contribution in [2.24, 2.45) is 23.7 Å². The van der Waals surface area contributed by atoms with E-state index >= 15 is 0 Å². The van der Waals surface area contributed by atoms with Gasteiger partial charge < -0.3 is 30.3 Å². The van der Waals surface area contributed by atoms with Gasteiger partial charge in [-0.05, 0) is 63.1 Å². The van der Waals surface area contributed by atoms with Crippen LogP contribution in [0.4, 0.5) is 0 Å². The molecule has 2 aromatic rings. The maximum absolute atomic E-state index is 14.4. The molecule has 19 heteroatoms. The van der Waals surface area contributed by atoms with Crippen LogP contribution in [0.25, 0.3) is 0 Å². The summed E-state index contributed by atoms with van der Waals surface area (Å²) in [5, 5.41) is 10.7. The van der Waals surface area contributed by atoms with Gasteiger partial charge in [0, 0.05) is 107 Å². The van der Waals surface area contributed by atoms with Gasteiger partial charge in [-0.2, -0.15) is 0 Å². The molecule has 1 aromatic carbocycles. The third kappa shape index (κ3) is 19.6. The van der Waals surface area contributed by atoms with Crippen LogP contribution in [0.15, 0.2) is 47.9 Å². The Kier molecular flexibility index (Phi) is 25.0. The Morgan fingerprint density at radius 2 is 1.62 bits per heavy atom. The number of carbonyl (C=O) groups is 9. The number of imide groups is 1. The highest BCUT2D eigenvalue weighted by Crippen LogP contribution is 2.33. The van der Waals surface area contributed by atoms with Gasteiger partial charge in [-0.3, -0.25) is 53.0 Å². The molecule has 2 aliphatic rings. The number of rotatable bonds is 32. The van der Waals surface area contributed by atoms with E-state index in [0.717, 1.165) is 54.8 Å². The van der Waals surface area contributed by atoms with Gasteiger partial charge in [-0.15, -0.1) is 11.3 Å². The van der Waals surface area contributed by atoms with Crippen molar-refractivity contribution in [3.05, 3.63) is 64.1 Å². The molecule has 6 amide bonds. The Morgan fingerprint density at radius 3 is 2.27 bits per heavy atom. The number of Topliss-reactive ketones (excluding diaryl/α,β-unsaturated/α-hetero) is 2. The summed E-state index contributed by atoms with van der Waals surface area (Å²) in [5.74, 6) is -3.57. The van der Waals surface area contributed by atoms with Gasteiger partial charge in [-0.25, -0.2) is 4.98 Å². The van der Waals surface area contributed by atoms with Gasteiger partial charge in [0.2, 0.25) is 17.7 Å². The Morgan fingerprint density at radius 1 is 0.904 bits per heavy atom. The first-order chi connectivity index (χ1) is 34.8. The first kappa shape index (κ1) is 59.9. The molecule has 0 unspecified atom stereocenters. The van der Waals surface area contributed by atoms with Gasteiger partial charge in [0.1, 0.15) is 16.5 Å². The van der Waals surface area contributed by atoms with E-state index < -0.39 is 47.7 Å². The van der Waals surface area contributed by atoms with Crippen molar-refractivity contribution in [1.82, 2.24) is 35.6 Å². The standard InChI is InChI=1S/C54H79N7O11S/c1-9-36(4)42(32-46(64)44-19-13-14-26-59(44)7)54(70)60(8)45(35(2)3)33-47(72-38(6)62)53-58-43(34-73-53)52(69)57-40(31-39-16-11-10-12-17-39)30-37(5)51(68)56-24-15-18-41(63)23-28-71-29-25-55-48(65)22-27-61-49(66)20-21-50(61)67/h10-12,16-17,20-21,34-37,40,42,44-45,47H,9,13-15,18-19,22-33H2,1-8H3,(H,55,65)(H,56,68)(H,57,69)/t36-,37-,40+,42-,44+,45+,47+/m0/s1. The Hall–Kier alpha value is -5.66. The summed E-state index contributed by atoms with van der Waals surface area (Å²) >= 11 is 1.19. The first-order valence-electron chi connectivity index (χ1n) is 25.9. The lowest BCUT2D eigenvalue weighted by molar-refractivity contribution is -0.150. The quantitative estimate of drug-likeness (QED) is 0.0475. The van der Waals surface area contributed by atoms with Crippen molar-refractivity contribution in [3.8, 4) is 0 Å². The van der Waals surface area contributed by atoms with E-state index in [4.69, 9.17) is 9.47 Å². The molecule has 73 heavy (non-hydrogen) atoms. The molecule has 0 radical (unpaired) electrons. The fourth-order valence-corrected chi connectivity index (χ4v) is 10.1. The first-order valence-corrected chi connectivity index (χ1v) is 26.8. The maximum Gasteiger partial charge on any atom is 0.303 e. The molecule has 1 aromatic heterocycles. The molecule has 4 rings (SSSR count). The number of piperidine rings is 1. The minimum atomic E-state index is -0.857. The molecule has 1 saturated heterocycles. The Labute approximate surface area is 435 Å². The minimum absolute atomic E-state index is 0.00661. The average molecular weight is 1030 g/mol. The van der Waals surface area contributed by atoms with Crippen LogP contribution in [-0.4, -0.2) is 144 Å². The van der Waals surface area contributed by atoms with Crippen LogP contribution in [0.1, 0.15) is 139 Å².